The third-order valence-corrected chi connectivity index (χ3v) is 2.96. The molecule has 4 heteroatoms. The highest BCUT2D eigenvalue weighted by molar-refractivity contribution is 5.79. The smallest absolute Gasteiger partial charge is 0.224 e. The van der Waals surface area contributed by atoms with Gasteiger partial charge in [-0.1, -0.05) is 13.8 Å². The maximum absolute atomic E-state index is 11.7. The molecule has 1 heterocycles. The lowest BCUT2D eigenvalue weighted by molar-refractivity contribution is -0.124. The lowest BCUT2D eigenvalue weighted by atomic mass is 9.89. The molecule has 0 aromatic heterocycles. The molecule has 88 valence electrons. The molecule has 0 aromatic rings. The van der Waals surface area contributed by atoms with Gasteiger partial charge in [-0.15, -0.1) is 0 Å². The van der Waals surface area contributed by atoms with Gasteiger partial charge >= 0.3 is 0 Å². The van der Waals surface area contributed by atoms with E-state index < -0.39 is 0 Å². The summed E-state index contributed by atoms with van der Waals surface area (Å²) in [5.41, 5.74) is -0.0174. The van der Waals surface area contributed by atoms with Crippen molar-refractivity contribution in [3.05, 3.63) is 0 Å². The van der Waals surface area contributed by atoms with Crippen molar-refractivity contribution in [2.75, 3.05) is 26.2 Å². The summed E-state index contributed by atoms with van der Waals surface area (Å²) < 4.78 is 0. The van der Waals surface area contributed by atoms with E-state index in [1.54, 1.807) is 0 Å². The van der Waals surface area contributed by atoms with Gasteiger partial charge in [0.25, 0.3) is 0 Å². The van der Waals surface area contributed by atoms with Crippen LogP contribution in [0.2, 0.25) is 0 Å². The molecular formula is C11H22N2O2. The van der Waals surface area contributed by atoms with Crippen molar-refractivity contribution in [2.45, 2.75) is 26.7 Å². The minimum absolute atomic E-state index is 0.0174. The van der Waals surface area contributed by atoms with Crippen LogP contribution in [0.3, 0.4) is 0 Å². The molecule has 0 saturated carbocycles. The molecule has 1 aliphatic rings. The SMILES string of the molecule is CC(C)(CCO)CNC(=O)C1CCNC1. The van der Waals surface area contributed by atoms with Crippen LogP contribution in [0.25, 0.3) is 0 Å². The van der Waals surface area contributed by atoms with Gasteiger partial charge in [-0.2, -0.15) is 0 Å². The van der Waals surface area contributed by atoms with Gasteiger partial charge in [-0.05, 0) is 24.8 Å². The largest absolute Gasteiger partial charge is 0.396 e. The summed E-state index contributed by atoms with van der Waals surface area (Å²) >= 11 is 0. The zero-order chi connectivity index (χ0) is 11.3. The lowest BCUT2D eigenvalue weighted by Gasteiger charge is -2.24. The number of rotatable bonds is 5. The summed E-state index contributed by atoms with van der Waals surface area (Å²) in [7, 11) is 0. The number of amides is 1. The number of carbonyl (C=O) groups excluding carboxylic acids is 1. The van der Waals surface area contributed by atoms with Gasteiger partial charge in [0.2, 0.25) is 5.91 Å². The van der Waals surface area contributed by atoms with Crippen LogP contribution in [-0.4, -0.2) is 37.3 Å². The summed E-state index contributed by atoms with van der Waals surface area (Å²) in [5.74, 6) is 0.279. The van der Waals surface area contributed by atoms with Crippen LogP contribution in [0.5, 0.6) is 0 Å². The second-order valence-corrected chi connectivity index (χ2v) is 5.05. The molecule has 1 rings (SSSR count). The summed E-state index contributed by atoms with van der Waals surface area (Å²) in [4.78, 5) is 11.7. The van der Waals surface area contributed by atoms with E-state index in [1.807, 2.05) is 0 Å². The average Bonchev–Trinajstić information content (AvgIpc) is 2.67. The van der Waals surface area contributed by atoms with Gasteiger partial charge in [0, 0.05) is 19.7 Å². The number of aliphatic hydroxyl groups excluding tert-OH is 1. The molecule has 1 atom stereocenters. The summed E-state index contributed by atoms with van der Waals surface area (Å²) in [5, 5.41) is 15.0. The van der Waals surface area contributed by atoms with Crippen LogP contribution in [0.1, 0.15) is 26.7 Å². The van der Waals surface area contributed by atoms with Crippen molar-refractivity contribution in [2.24, 2.45) is 11.3 Å². The highest BCUT2D eigenvalue weighted by Crippen LogP contribution is 2.18. The topological polar surface area (TPSA) is 61.4 Å². The molecule has 3 N–H and O–H groups in total. The van der Waals surface area contributed by atoms with E-state index in [0.717, 1.165) is 25.9 Å². The Morgan fingerprint density at radius 1 is 1.60 bits per heavy atom. The fourth-order valence-electron chi connectivity index (χ4n) is 1.74. The first-order valence-electron chi connectivity index (χ1n) is 5.64. The standard InChI is InChI=1S/C11H22N2O2/c1-11(2,4-6-14)8-13-10(15)9-3-5-12-7-9/h9,12,14H,3-8H2,1-2H3,(H,13,15). The quantitative estimate of drug-likeness (QED) is 0.609. The van der Waals surface area contributed by atoms with Gasteiger partial charge < -0.3 is 15.7 Å². The van der Waals surface area contributed by atoms with Gasteiger partial charge in [0.15, 0.2) is 0 Å². The third kappa shape index (κ3) is 4.18. The molecular weight excluding hydrogens is 192 g/mol. The van der Waals surface area contributed by atoms with Crippen LogP contribution in [0, 0.1) is 11.3 Å². The number of nitrogens with one attached hydrogen (secondary N) is 2. The highest BCUT2D eigenvalue weighted by Gasteiger charge is 2.24. The van der Waals surface area contributed by atoms with Crippen molar-refractivity contribution in [1.82, 2.24) is 10.6 Å². The highest BCUT2D eigenvalue weighted by atomic mass is 16.3. The Morgan fingerprint density at radius 2 is 2.33 bits per heavy atom. The zero-order valence-electron chi connectivity index (χ0n) is 9.68. The second-order valence-electron chi connectivity index (χ2n) is 5.05. The number of aliphatic hydroxyl groups is 1. The van der Waals surface area contributed by atoms with E-state index in [9.17, 15) is 4.79 Å². The summed E-state index contributed by atoms with van der Waals surface area (Å²) in [6.07, 6.45) is 1.66. The van der Waals surface area contributed by atoms with E-state index in [4.69, 9.17) is 5.11 Å². The Hall–Kier alpha value is -0.610. The van der Waals surface area contributed by atoms with E-state index in [2.05, 4.69) is 24.5 Å². The Labute approximate surface area is 91.4 Å². The van der Waals surface area contributed by atoms with Gasteiger partial charge in [-0.3, -0.25) is 4.79 Å². The predicted octanol–water partition coefficient (Wildman–Crippen LogP) is 0.121. The molecule has 0 aliphatic carbocycles. The molecule has 0 aromatic carbocycles. The molecule has 0 radical (unpaired) electrons. The molecule has 0 bridgehead atoms. The average molecular weight is 214 g/mol. The fourth-order valence-corrected chi connectivity index (χ4v) is 1.74. The normalized spacial score (nSPS) is 21.7. The van der Waals surface area contributed by atoms with E-state index >= 15 is 0 Å². The summed E-state index contributed by atoms with van der Waals surface area (Å²) in [6, 6.07) is 0. The predicted molar refractivity (Wildman–Crippen MR) is 59.5 cm³/mol. The van der Waals surface area contributed by atoms with Crippen LogP contribution < -0.4 is 10.6 Å². The zero-order valence-corrected chi connectivity index (χ0v) is 9.68. The van der Waals surface area contributed by atoms with Crippen molar-refractivity contribution in [3.8, 4) is 0 Å². The van der Waals surface area contributed by atoms with Crippen LogP contribution >= 0.6 is 0 Å². The third-order valence-electron chi connectivity index (χ3n) is 2.96. The molecule has 1 saturated heterocycles. The van der Waals surface area contributed by atoms with Crippen LogP contribution in [0.15, 0.2) is 0 Å². The van der Waals surface area contributed by atoms with E-state index in [1.165, 1.54) is 0 Å². The van der Waals surface area contributed by atoms with Gasteiger partial charge in [-0.25, -0.2) is 0 Å². The first kappa shape index (κ1) is 12.5. The molecule has 4 nitrogen and oxygen atoms in total. The van der Waals surface area contributed by atoms with Crippen LogP contribution in [-0.2, 0) is 4.79 Å². The Balaban J connectivity index is 2.26. The Bertz CT molecular complexity index is 211. The van der Waals surface area contributed by atoms with E-state index in [-0.39, 0.29) is 23.8 Å². The Morgan fingerprint density at radius 3 is 2.87 bits per heavy atom. The maximum atomic E-state index is 11.7. The monoisotopic (exact) mass is 214 g/mol. The second kappa shape index (κ2) is 5.47. The van der Waals surface area contributed by atoms with Crippen LogP contribution in [0.4, 0.5) is 0 Å². The number of hydrogen-bond acceptors (Lipinski definition) is 3. The molecule has 15 heavy (non-hydrogen) atoms. The molecule has 1 unspecified atom stereocenters. The molecule has 1 amide bonds. The molecule has 0 spiro atoms. The van der Waals surface area contributed by atoms with Crippen molar-refractivity contribution >= 4 is 5.91 Å². The van der Waals surface area contributed by atoms with Gasteiger partial charge in [0.1, 0.15) is 0 Å². The first-order valence-corrected chi connectivity index (χ1v) is 5.64. The minimum Gasteiger partial charge on any atom is -0.396 e. The minimum atomic E-state index is -0.0174. The Kier molecular flexibility index (Phi) is 4.54. The van der Waals surface area contributed by atoms with Gasteiger partial charge in [0.05, 0.1) is 5.92 Å². The van der Waals surface area contributed by atoms with Crippen molar-refractivity contribution < 1.29 is 9.90 Å². The van der Waals surface area contributed by atoms with Crippen molar-refractivity contribution in [3.63, 3.8) is 0 Å². The number of carbonyl (C=O) groups is 1. The number of hydrogen-bond donors (Lipinski definition) is 3. The molecule has 1 fully saturated rings. The molecule has 1 aliphatic heterocycles. The lowest BCUT2D eigenvalue weighted by Crippen LogP contribution is -2.38. The summed E-state index contributed by atoms with van der Waals surface area (Å²) in [6.45, 7) is 6.66. The van der Waals surface area contributed by atoms with Crippen molar-refractivity contribution in [1.29, 1.82) is 0 Å². The fraction of sp³-hybridized carbons (Fsp3) is 0.909. The maximum Gasteiger partial charge on any atom is 0.224 e. The van der Waals surface area contributed by atoms with E-state index in [0.29, 0.717) is 6.54 Å². The first-order chi connectivity index (χ1) is 7.05.